The van der Waals surface area contributed by atoms with E-state index in [4.69, 9.17) is 14.7 Å². The zero-order valence-corrected chi connectivity index (χ0v) is 15.7. The third-order valence-electron chi connectivity index (χ3n) is 6.09. The van der Waals surface area contributed by atoms with Crippen molar-refractivity contribution in [1.82, 2.24) is 9.97 Å². The molecule has 1 saturated heterocycles. The fraction of sp³-hybridized carbons (Fsp3) is 0.700. The maximum absolute atomic E-state index is 5.59. The summed E-state index contributed by atoms with van der Waals surface area (Å²) in [6.07, 6.45) is 11.7. The fourth-order valence-electron chi connectivity index (χ4n) is 4.70. The second-order valence-corrected chi connectivity index (χ2v) is 8.81. The van der Waals surface area contributed by atoms with E-state index in [1.54, 1.807) is 10.4 Å². The Kier molecular flexibility index (Phi) is 4.38. The molecule has 3 aliphatic rings. The number of thiophene rings is 1. The average Bonchev–Trinajstić information content (AvgIpc) is 3.07. The lowest BCUT2D eigenvalue weighted by molar-refractivity contribution is 0.122. The highest BCUT2D eigenvalue weighted by molar-refractivity contribution is 7.19. The maximum atomic E-state index is 5.59. The van der Waals surface area contributed by atoms with Crippen LogP contribution in [-0.2, 0) is 17.6 Å². The number of morpholine rings is 1. The number of anilines is 1. The Morgan fingerprint density at radius 2 is 1.72 bits per heavy atom. The molecule has 0 amide bonds. The van der Waals surface area contributed by atoms with Gasteiger partial charge in [-0.3, -0.25) is 0 Å². The summed E-state index contributed by atoms with van der Waals surface area (Å²) in [6.45, 7) is 3.55. The summed E-state index contributed by atoms with van der Waals surface area (Å²) in [5, 5.41) is 1.38. The zero-order valence-electron chi connectivity index (χ0n) is 14.9. The van der Waals surface area contributed by atoms with Crippen molar-refractivity contribution >= 4 is 27.4 Å². The van der Waals surface area contributed by atoms with Gasteiger partial charge in [0.2, 0.25) is 0 Å². The van der Waals surface area contributed by atoms with E-state index in [-0.39, 0.29) is 0 Å². The molecule has 134 valence electrons. The van der Waals surface area contributed by atoms with Crippen LogP contribution in [0.3, 0.4) is 0 Å². The Morgan fingerprint density at radius 3 is 2.56 bits per heavy atom. The van der Waals surface area contributed by atoms with Crippen LogP contribution in [0.4, 0.5) is 5.82 Å². The summed E-state index contributed by atoms with van der Waals surface area (Å²) in [7, 11) is 0. The molecule has 0 aromatic carbocycles. The van der Waals surface area contributed by atoms with Crippen LogP contribution >= 0.6 is 11.3 Å². The molecule has 1 aliphatic heterocycles. The second kappa shape index (κ2) is 6.84. The van der Waals surface area contributed by atoms with Crippen LogP contribution in [0.1, 0.15) is 67.1 Å². The van der Waals surface area contributed by atoms with E-state index in [1.807, 2.05) is 11.3 Å². The number of rotatable bonds is 2. The van der Waals surface area contributed by atoms with Crippen LogP contribution in [0.5, 0.6) is 0 Å². The Hall–Kier alpha value is -1.20. The summed E-state index contributed by atoms with van der Waals surface area (Å²) < 4.78 is 5.59. The Balaban J connectivity index is 1.64. The number of hydrogen-bond donors (Lipinski definition) is 0. The quantitative estimate of drug-likeness (QED) is 0.796. The predicted octanol–water partition coefficient (Wildman–Crippen LogP) is 4.45. The van der Waals surface area contributed by atoms with Crippen molar-refractivity contribution in [3.63, 3.8) is 0 Å². The fourth-order valence-corrected chi connectivity index (χ4v) is 5.96. The minimum Gasteiger partial charge on any atom is -0.378 e. The molecular weight excluding hydrogens is 330 g/mol. The first-order valence-electron chi connectivity index (χ1n) is 10.0. The van der Waals surface area contributed by atoms with Gasteiger partial charge in [0.25, 0.3) is 0 Å². The highest BCUT2D eigenvalue weighted by atomic mass is 32.1. The minimum atomic E-state index is 0.567. The molecule has 2 aromatic heterocycles. The first kappa shape index (κ1) is 16.0. The van der Waals surface area contributed by atoms with Gasteiger partial charge < -0.3 is 9.64 Å². The first-order valence-corrected chi connectivity index (χ1v) is 10.9. The number of hydrogen-bond acceptors (Lipinski definition) is 5. The van der Waals surface area contributed by atoms with Gasteiger partial charge in [0.15, 0.2) is 0 Å². The largest absolute Gasteiger partial charge is 0.378 e. The summed E-state index contributed by atoms with van der Waals surface area (Å²) >= 11 is 1.95. The monoisotopic (exact) mass is 357 g/mol. The number of ether oxygens (including phenoxy) is 1. The Bertz CT molecular complexity index is 760. The predicted molar refractivity (Wildman–Crippen MR) is 103 cm³/mol. The van der Waals surface area contributed by atoms with E-state index >= 15 is 0 Å². The summed E-state index contributed by atoms with van der Waals surface area (Å²) in [4.78, 5) is 15.6. The van der Waals surface area contributed by atoms with Crippen molar-refractivity contribution in [2.45, 2.75) is 63.7 Å². The van der Waals surface area contributed by atoms with Gasteiger partial charge in [0.05, 0.1) is 18.6 Å². The normalized spacial score (nSPS) is 22.3. The number of aryl methyl sites for hydroxylation is 2. The highest BCUT2D eigenvalue weighted by Crippen LogP contribution is 2.41. The van der Waals surface area contributed by atoms with Crippen LogP contribution in [-0.4, -0.2) is 36.3 Å². The average molecular weight is 358 g/mol. The van der Waals surface area contributed by atoms with Crippen LogP contribution in [0.2, 0.25) is 0 Å². The van der Waals surface area contributed by atoms with Crippen molar-refractivity contribution in [2.75, 3.05) is 31.2 Å². The molecule has 2 fully saturated rings. The molecule has 5 rings (SSSR count). The van der Waals surface area contributed by atoms with E-state index in [0.717, 1.165) is 32.1 Å². The first-order chi connectivity index (χ1) is 12.4. The molecule has 0 unspecified atom stereocenters. The van der Waals surface area contributed by atoms with Crippen molar-refractivity contribution in [2.24, 2.45) is 0 Å². The lowest BCUT2D eigenvalue weighted by Crippen LogP contribution is -2.37. The van der Waals surface area contributed by atoms with Crippen LogP contribution in [0, 0.1) is 0 Å². The number of aromatic nitrogens is 2. The standard InChI is InChI=1S/C20H27N3OS/c1-2-6-14(7-3-1)18-21-19(23-10-12-24-13-11-23)17-15-8-4-5-9-16(15)25-20(17)22-18/h14H,1-13H2. The van der Waals surface area contributed by atoms with Crippen LogP contribution in [0.15, 0.2) is 0 Å². The van der Waals surface area contributed by atoms with Gasteiger partial charge >= 0.3 is 0 Å². The van der Waals surface area contributed by atoms with E-state index in [1.165, 1.54) is 73.8 Å². The molecule has 0 N–H and O–H groups in total. The van der Waals surface area contributed by atoms with Crippen molar-refractivity contribution in [3.05, 3.63) is 16.3 Å². The zero-order chi connectivity index (χ0) is 16.6. The van der Waals surface area contributed by atoms with Gasteiger partial charge in [0, 0.05) is 23.9 Å². The van der Waals surface area contributed by atoms with E-state index in [0.29, 0.717) is 5.92 Å². The second-order valence-electron chi connectivity index (χ2n) is 7.73. The summed E-state index contributed by atoms with van der Waals surface area (Å²) in [6, 6.07) is 0. The summed E-state index contributed by atoms with van der Waals surface area (Å²) in [5.41, 5.74) is 1.56. The smallest absolute Gasteiger partial charge is 0.141 e. The molecule has 0 radical (unpaired) electrons. The minimum absolute atomic E-state index is 0.567. The van der Waals surface area contributed by atoms with E-state index in [2.05, 4.69) is 4.90 Å². The molecule has 2 aromatic rings. The third kappa shape index (κ3) is 2.95. The maximum Gasteiger partial charge on any atom is 0.141 e. The third-order valence-corrected chi connectivity index (χ3v) is 7.28. The van der Waals surface area contributed by atoms with Gasteiger partial charge in [-0.05, 0) is 44.1 Å². The topological polar surface area (TPSA) is 38.2 Å². The SMILES string of the molecule is C1CCC(c2nc(N3CCOCC3)c3c4c(sc3n2)CCCC4)CC1. The van der Waals surface area contributed by atoms with Crippen molar-refractivity contribution in [1.29, 1.82) is 0 Å². The van der Waals surface area contributed by atoms with E-state index < -0.39 is 0 Å². The van der Waals surface area contributed by atoms with Crippen molar-refractivity contribution < 1.29 is 4.74 Å². The number of nitrogens with zero attached hydrogens (tertiary/aromatic N) is 3. The van der Waals surface area contributed by atoms with Gasteiger partial charge in [-0.1, -0.05) is 19.3 Å². The van der Waals surface area contributed by atoms with Crippen LogP contribution in [0.25, 0.3) is 10.2 Å². The van der Waals surface area contributed by atoms with Gasteiger partial charge in [-0.25, -0.2) is 9.97 Å². The lowest BCUT2D eigenvalue weighted by atomic mass is 9.88. The molecule has 0 spiro atoms. The van der Waals surface area contributed by atoms with Gasteiger partial charge in [-0.15, -0.1) is 11.3 Å². The molecular formula is C20H27N3OS. The molecule has 1 saturated carbocycles. The van der Waals surface area contributed by atoms with E-state index in [9.17, 15) is 0 Å². The molecule has 25 heavy (non-hydrogen) atoms. The van der Waals surface area contributed by atoms with Crippen molar-refractivity contribution in [3.8, 4) is 0 Å². The molecule has 4 nitrogen and oxygen atoms in total. The van der Waals surface area contributed by atoms with Crippen LogP contribution < -0.4 is 4.90 Å². The van der Waals surface area contributed by atoms with Gasteiger partial charge in [-0.2, -0.15) is 0 Å². The Labute approximate surface area is 153 Å². The molecule has 5 heteroatoms. The van der Waals surface area contributed by atoms with Gasteiger partial charge in [0.1, 0.15) is 16.5 Å². The number of fused-ring (bicyclic) bond motifs is 3. The lowest BCUT2D eigenvalue weighted by Gasteiger charge is -2.30. The molecule has 0 atom stereocenters. The Morgan fingerprint density at radius 1 is 0.920 bits per heavy atom. The molecule has 0 bridgehead atoms. The highest BCUT2D eigenvalue weighted by Gasteiger charge is 2.27. The summed E-state index contributed by atoms with van der Waals surface area (Å²) in [5.74, 6) is 2.90. The molecule has 3 heterocycles. The molecule has 2 aliphatic carbocycles.